The van der Waals surface area contributed by atoms with E-state index in [1.54, 1.807) is 49.4 Å². The van der Waals surface area contributed by atoms with E-state index in [4.69, 9.17) is 11.6 Å². The van der Waals surface area contributed by atoms with Gasteiger partial charge in [-0.05, 0) is 55.2 Å². The monoisotopic (exact) mass is 571 g/mol. The predicted octanol–water partition coefficient (Wildman–Crippen LogP) is 4.37. The quantitative estimate of drug-likeness (QED) is 0.458. The molecular formula is C24H31BrClN3O4S. The highest BCUT2D eigenvalue weighted by Crippen LogP contribution is 2.25. The van der Waals surface area contributed by atoms with Crippen LogP contribution < -0.4 is 9.62 Å². The predicted molar refractivity (Wildman–Crippen MR) is 140 cm³/mol. The molecule has 0 heterocycles. The largest absolute Gasteiger partial charge is 0.354 e. The van der Waals surface area contributed by atoms with Crippen LogP contribution in [0.3, 0.4) is 0 Å². The van der Waals surface area contributed by atoms with Crippen molar-refractivity contribution in [2.24, 2.45) is 5.92 Å². The Morgan fingerprint density at radius 1 is 1.12 bits per heavy atom. The fourth-order valence-corrected chi connectivity index (χ4v) is 4.53. The molecule has 0 aromatic heterocycles. The Kier molecular flexibility index (Phi) is 9.96. The van der Waals surface area contributed by atoms with Crippen molar-refractivity contribution < 1.29 is 18.0 Å². The van der Waals surface area contributed by atoms with Crippen LogP contribution in [0.5, 0.6) is 0 Å². The Balaban J connectivity index is 2.40. The van der Waals surface area contributed by atoms with Crippen molar-refractivity contribution in [2.45, 2.75) is 40.3 Å². The number of carbonyl (C=O) groups is 2. The maximum atomic E-state index is 13.5. The summed E-state index contributed by atoms with van der Waals surface area (Å²) in [7, 11) is -3.78. The lowest BCUT2D eigenvalue weighted by molar-refractivity contribution is -0.139. The maximum Gasteiger partial charge on any atom is 0.244 e. The number of carbonyl (C=O) groups excluding carboxylic acids is 2. The number of hydrogen-bond donors (Lipinski definition) is 1. The topological polar surface area (TPSA) is 86.8 Å². The fraction of sp³-hybridized carbons (Fsp3) is 0.417. The number of benzene rings is 2. The Labute approximate surface area is 215 Å². The molecule has 2 amide bonds. The first kappa shape index (κ1) is 28.1. The molecule has 34 heavy (non-hydrogen) atoms. The molecule has 7 nitrogen and oxygen atoms in total. The first-order valence-electron chi connectivity index (χ1n) is 10.9. The van der Waals surface area contributed by atoms with Gasteiger partial charge in [-0.2, -0.15) is 0 Å². The maximum absolute atomic E-state index is 13.5. The van der Waals surface area contributed by atoms with Crippen LogP contribution in [0.2, 0.25) is 5.02 Å². The molecule has 10 heteroatoms. The van der Waals surface area contributed by atoms with Gasteiger partial charge in [-0.25, -0.2) is 8.42 Å². The number of amides is 2. The first-order valence-corrected chi connectivity index (χ1v) is 13.9. The SMILES string of the molecule is Cc1cc(N(CC(=O)N(Cc2ccccc2Cl)[C@@H](C)C(=O)NCC(C)C)S(C)(=O)=O)ccc1Br. The molecule has 0 spiro atoms. The Morgan fingerprint density at radius 2 is 1.76 bits per heavy atom. The standard InChI is InChI=1S/C24H31BrClN3O4S/c1-16(2)13-27-24(31)18(4)28(14-19-8-6-7-9-22(19)26)23(30)15-29(34(5,32)33)20-10-11-21(25)17(3)12-20/h6-12,16,18H,13-15H2,1-5H3,(H,27,31)/t18-/m0/s1. The molecular weight excluding hydrogens is 542 g/mol. The third-order valence-electron chi connectivity index (χ3n) is 5.26. The first-order chi connectivity index (χ1) is 15.8. The lowest BCUT2D eigenvalue weighted by Crippen LogP contribution is -2.51. The number of hydrogen-bond acceptors (Lipinski definition) is 4. The van der Waals surface area contributed by atoms with Gasteiger partial charge < -0.3 is 10.2 Å². The van der Waals surface area contributed by atoms with Crippen molar-refractivity contribution >= 4 is 55.1 Å². The highest BCUT2D eigenvalue weighted by atomic mass is 79.9. The van der Waals surface area contributed by atoms with Crippen LogP contribution >= 0.6 is 27.5 Å². The third-order valence-corrected chi connectivity index (χ3v) is 7.66. The van der Waals surface area contributed by atoms with Crippen molar-refractivity contribution in [1.82, 2.24) is 10.2 Å². The Hall–Kier alpha value is -2.10. The summed E-state index contributed by atoms with van der Waals surface area (Å²) in [5, 5.41) is 3.30. The molecule has 0 fully saturated rings. The van der Waals surface area contributed by atoms with E-state index in [0.717, 1.165) is 20.6 Å². The van der Waals surface area contributed by atoms with Crippen LogP contribution in [0.1, 0.15) is 31.9 Å². The normalized spacial score (nSPS) is 12.4. The Morgan fingerprint density at radius 3 is 2.32 bits per heavy atom. The average molecular weight is 573 g/mol. The molecule has 2 rings (SSSR count). The molecule has 0 bridgehead atoms. The highest BCUT2D eigenvalue weighted by Gasteiger charge is 2.30. The summed E-state index contributed by atoms with van der Waals surface area (Å²) in [5.41, 5.74) is 1.85. The van der Waals surface area contributed by atoms with Gasteiger partial charge in [0.2, 0.25) is 21.8 Å². The van der Waals surface area contributed by atoms with Crippen LogP contribution in [0.4, 0.5) is 5.69 Å². The van der Waals surface area contributed by atoms with Gasteiger partial charge in [-0.15, -0.1) is 0 Å². The van der Waals surface area contributed by atoms with Crippen molar-refractivity contribution in [1.29, 1.82) is 0 Å². The molecule has 2 aromatic rings. The van der Waals surface area contributed by atoms with Crippen molar-refractivity contribution in [3.8, 4) is 0 Å². The molecule has 1 atom stereocenters. The zero-order valence-electron chi connectivity index (χ0n) is 20.0. The summed E-state index contributed by atoms with van der Waals surface area (Å²) >= 11 is 9.72. The molecule has 1 N–H and O–H groups in total. The molecule has 0 radical (unpaired) electrons. The Bertz CT molecular complexity index is 1140. The van der Waals surface area contributed by atoms with E-state index in [9.17, 15) is 18.0 Å². The van der Waals surface area contributed by atoms with Gasteiger partial charge in [0.1, 0.15) is 12.6 Å². The van der Waals surface area contributed by atoms with Gasteiger partial charge in [0, 0.05) is 22.6 Å². The number of halogens is 2. The number of anilines is 1. The second-order valence-electron chi connectivity index (χ2n) is 8.63. The van der Waals surface area contributed by atoms with Crippen molar-refractivity contribution in [3.05, 3.63) is 63.1 Å². The van der Waals surface area contributed by atoms with Crippen LogP contribution in [0, 0.1) is 12.8 Å². The van der Waals surface area contributed by atoms with E-state index in [0.29, 0.717) is 22.8 Å². The van der Waals surface area contributed by atoms with Gasteiger partial charge in [0.05, 0.1) is 11.9 Å². The summed E-state index contributed by atoms with van der Waals surface area (Å²) in [6, 6.07) is 11.3. The molecule has 0 saturated carbocycles. The summed E-state index contributed by atoms with van der Waals surface area (Å²) in [6.45, 7) is 7.48. The number of nitrogens with one attached hydrogen (secondary N) is 1. The summed E-state index contributed by atoms with van der Waals surface area (Å²) in [4.78, 5) is 27.7. The van der Waals surface area contributed by atoms with Gasteiger partial charge >= 0.3 is 0 Å². The zero-order valence-corrected chi connectivity index (χ0v) is 23.2. The molecule has 0 aliphatic heterocycles. The second-order valence-corrected chi connectivity index (χ2v) is 11.8. The minimum atomic E-state index is -3.78. The van der Waals surface area contributed by atoms with Crippen LogP contribution in [-0.2, 0) is 26.2 Å². The number of nitrogens with zero attached hydrogens (tertiary/aromatic N) is 2. The smallest absolute Gasteiger partial charge is 0.244 e. The summed E-state index contributed by atoms with van der Waals surface area (Å²) < 4.78 is 27.1. The lowest BCUT2D eigenvalue weighted by Gasteiger charge is -2.32. The average Bonchev–Trinajstić information content (AvgIpc) is 2.75. The third kappa shape index (κ3) is 7.71. The molecule has 186 valence electrons. The molecule has 0 unspecified atom stereocenters. The van der Waals surface area contributed by atoms with Crippen LogP contribution in [0.25, 0.3) is 0 Å². The fourth-order valence-electron chi connectivity index (χ4n) is 3.24. The van der Waals surface area contributed by atoms with E-state index >= 15 is 0 Å². The van der Waals surface area contributed by atoms with Crippen LogP contribution in [-0.4, -0.2) is 50.5 Å². The highest BCUT2D eigenvalue weighted by molar-refractivity contribution is 9.10. The van der Waals surface area contributed by atoms with E-state index in [1.807, 2.05) is 20.8 Å². The summed E-state index contributed by atoms with van der Waals surface area (Å²) in [5.74, 6) is -0.595. The van der Waals surface area contributed by atoms with E-state index in [-0.39, 0.29) is 18.4 Å². The van der Waals surface area contributed by atoms with E-state index < -0.39 is 28.5 Å². The number of rotatable bonds is 10. The van der Waals surface area contributed by atoms with Gasteiger partial charge in [0.25, 0.3) is 0 Å². The van der Waals surface area contributed by atoms with E-state index in [2.05, 4.69) is 21.2 Å². The van der Waals surface area contributed by atoms with Crippen molar-refractivity contribution in [2.75, 3.05) is 23.7 Å². The minimum Gasteiger partial charge on any atom is -0.354 e. The molecule has 0 aliphatic rings. The van der Waals surface area contributed by atoms with Crippen molar-refractivity contribution in [3.63, 3.8) is 0 Å². The number of sulfonamides is 1. The number of aryl methyl sites for hydroxylation is 1. The molecule has 0 aliphatic carbocycles. The summed E-state index contributed by atoms with van der Waals surface area (Å²) in [6.07, 6.45) is 1.05. The molecule has 2 aromatic carbocycles. The van der Waals surface area contributed by atoms with Gasteiger partial charge in [-0.1, -0.05) is 59.6 Å². The lowest BCUT2D eigenvalue weighted by atomic mass is 10.1. The zero-order chi connectivity index (χ0) is 25.6. The molecule has 0 saturated heterocycles. The van der Waals surface area contributed by atoms with Gasteiger partial charge in [0.15, 0.2) is 0 Å². The van der Waals surface area contributed by atoms with Gasteiger partial charge in [-0.3, -0.25) is 13.9 Å². The second kappa shape index (κ2) is 12.0. The van der Waals surface area contributed by atoms with Crippen LogP contribution in [0.15, 0.2) is 46.9 Å². The van der Waals surface area contributed by atoms with E-state index in [1.165, 1.54) is 4.90 Å². The minimum absolute atomic E-state index is 0.0612.